The van der Waals surface area contributed by atoms with Gasteiger partial charge >= 0.3 is 0 Å². The zero-order valence-corrected chi connectivity index (χ0v) is 10.6. The van der Waals surface area contributed by atoms with Crippen molar-refractivity contribution in [2.24, 2.45) is 5.73 Å². The summed E-state index contributed by atoms with van der Waals surface area (Å²) in [7, 11) is -3.75. The van der Waals surface area contributed by atoms with E-state index >= 15 is 0 Å². The molecule has 1 aromatic carbocycles. The first-order chi connectivity index (χ1) is 7.66. The summed E-state index contributed by atoms with van der Waals surface area (Å²) in [6.45, 7) is 3.49. The topological polar surface area (TPSA) is 77.2 Å². The van der Waals surface area contributed by atoms with Crippen molar-refractivity contribution in [2.45, 2.75) is 24.7 Å². The maximum absolute atomic E-state index is 14.0. The monoisotopic (exact) mass is 259 g/mol. The van der Waals surface area contributed by atoms with E-state index in [1.165, 1.54) is 12.1 Å². The molecule has 2 N–H and O–H groups in total. The summed E-state index contributed by atoms with van der Waals surface area (Å²) in [5, 5.41) is 0. The molecule has 0 aliphatic carbocycles. The number of benzene rings is 1. The lowest BCUT2D eigenvalue weighted by Crippen LogP contribution is -2.17. The van der Waals surface area contributed by atoms with Crippen LogP contribution in [0.25, 0.3) is 0 Å². The van der Waals surface area contributed by atoms with Crippen LogP contribution in [0, 0.1) is 5.82 Å². The maximum atomic E-state index is 14.0. The van der Waals surface area contributed by atoms with Crippen LogP contribution >= 0.6 is 0 Å². The Morgan fingerprint density at radius 2 is 1.88 bits per heavy atom. The van der Waals surface area contributed by atoms with Gasteiger partial charge in [-0.3, -0.25) is 4.79 Å². The van der Waals surface area contributed by atoms with E-state index in [0.29, 0.717) is 5.56 Å². The fourth-order valence-electron chi connectivity index (χ4n) is 1.59. The van der Waals surface area contributed by atoms with Crippen molar-refractivity contribution < 1.29 is 17.6 Å². The van der Waals surface area contributed by atoms with Crippen LogP contribution in [0.1, 0.15) is 35.7 Å². The molecule has 0 aliphatic heterocycles. The Labute approximate surface area is 99.5 Å². The molecule has 1 rings (SSSR count). The lowest BCUT2D eigenvalue weighted by molar-refractivity contribution is 0.0996. The zero-order valence-electron chi connectivity index (χ0n) is 9.82. The molecular weight excluding hydrogens is 245 g/mol. The smallest absolute Gasteiger partial charge is 0.251 e. The molecule has 0 spiro atoms. The molecule has 0 unspecified atom stereocenters. The van der Waals surface area contributed by atoms with E-state index < -0.39 is 32.0 Å². The Balaban J connectivity index is 3.72. The number of halogens is 1. The average molecular weight is 259 g/mol. The van der Waals surface area contributed by atoms with E-state index in [4.69, 9.17) is 5.73 Å². The molecule has 0 bridgehead atoms. The van der Waals surface area contributed by atoms with Gasteiger partial charge in [-0.05, 0) is 17.5 Å². The normalized spacial score (nSPS) is 11.8. The van der Waals surface area contributed by atoms with Gasteiger partial charge in [0.05, 0.1) is 5.56 Å². The highest BCUT2D eigenvalue weighted by atomic mass is 32.2. The minimum Gasteiger partial charge on any atom is -0.366 e. The molecule has 94 valence electrons. The lowest BCUT2D eigenvalue weighted by atomic mass is 10.0. The van der Waals surface area contributed by atoms with Crippen LogP contribution in [0.4, 0.5) is 4.39 Å². The summed E-state index contributed by atoms with van der Waals surface area (Å²) in [6.07, 6.45) is 0.905. The van der Waals surface area contributed by atoms with Gasteiger partial charge < -0.3 is 5.73 Å². The molecule has 17 heavy (non-hydrogen) atoms. The molecule has 0 aliphatic rings. The summed E-state index contributed by atoms with van der Waals surface area (Å²) < 4.78 is 37.1. The van der Waals surface area contributed by atoms with Crippen molar-refractivity contribution >= 4 is 15.7 Å². The van der Waals surface area contributed by atoms with Crippen LogP contribution < -0.4 is 5.73 Å². The van der Waals surface area contributed by atoms with Crippen molar-refractivity contribution in [2.75, 3.05) is 6.26 Å². The van der Waals surface area contributed by atoms with Gasteiger partial charge in [0.2, 0.25) is 0 Å². The number of rotatable bonds is 3. The highest BCUT2D eigenvalue weighted by molar-refractivity contribution is 7.90. The molecule has 6 heteroatoms. The van der Waals surface area contributed by atoms with Crippen molar-refractivity contribution in [1.82, 2.24) is 0 Å². The summed E-state index contributed by atoms with van der Waals surface area (Å²) in [5.74, 6) is -2.22. The lowest BCUT2D eigenvalue weighted by Gasteiger charge is -2.13. The zero-order chi connectivity index (χ0) is 13.4. The number of hydrogen-bond donors (Lipinski definition) is 1. The van der Waals surface area contributed by atoms with Crippen molar-refractivity contribution in [3.63, 3.8) is 0 Å². The molecule has 0 heterocycles. The van der Waals surface area contributed by atoms with Gasteiger partial charge in [0, 0.05) is 6.26 Å². The van der Waals surface area contributed by atoms with Gasteiger partial charge in [-0.15, -0.1) is 0 Å². The first-order valence-electron chi connectivity index (χ1n) is 4.98. The third kappa shape index (κ3) is 2.63. The number of sulfone groups is 1. The maximum Gasteiger partial charge on any atom is 0.251 e. The largest absolute Gasteiger partial charge is 0.366 e. The second-order valence-corrected chi connectivity index (χ2v) is 6.09. The summed E-state index contributed by atoms with van der Waals surface area (Å²) >= 11 is 0. The van der Waals surface area contributed by atoms with Gasteiger partial charge in [-0.1, -0.05) is 19.9 Å². The fraction of sp³-hybridized carbons (Fsp3) is 0.364. The third-order valence-electron chi connectivity index (χ3n) is 2.39. The molecule has 1 aromatic rings. The van der Waals surface area contributed by atoms with E-state index in [1.807, 2.05) is 0 Å². The standard InChI is InChI=1S/C11H14FNO3S/c1-6(2)7-4-5-8(11(13)14)9(12)10(7)17(3,15)16/h4-6H,1-3H3,(H2,13,14). The van der Waals surface area contributed by atoms with Crippen LogP contribution in [0.5, 0.6) is 0 Å². The summed E-state index contributed by atoms with van der Waals surface area (Å²) in [5.41, 5.74) is 4.91. The van der Waals surface area contributed by atoms with E-state index in [1.54, 1.807) is 13.8 Å². The minimum atomic E-state index is -3.75. The molecule has 0 saturated heterocycles. The van der Waals surface area contributed by atoms with E-state index in [9.17, 15) is 17.6 Å². The number of hydrogen-bond acceptors (Lipinski definition) is 3. The molecule has 0 aromatic heterocycles. The van der Waals surface area contributed by atoms with E-state index in [-0.39, 0.29) is 5.92 Å². The number of carbonyl (C=O) groups excluding carboxylic acids is 1. The summed E-state index contributed by atoms with van der Waals surface area (Å²) in [6, 6.07) is 2.63. The Bertz CT molecular complexity index is 564. The molecule has 1 amide bonds. The van der Waals surface area contributed by atoms with Crippen LogP contribution in [0.15, 0.2) is 17.0 Å². The average Bonchev–Trinajstić information content (AvgIpc) is 2.14. The predicted octanol–water partition coefficient (Wildman–Crippen LogP) is 1.45. The Kier molecular flexibility index (Phi) is 3.56. The number of nitrogens with two attached hydrogens (primary N) is 1. The fourth-order valence-corrected chi connectivity index (χ4v) is 2.76. The number of carbonyl (C=O) groups is 1. The van der Waals surface area contributed by atoms with Gasteiger partial charge in [-0.2, -0.15) is 0 Å². The summed E-state index contributed by atoms with van der Waals surface area (Å²) in [4.78, 5) is 10.5. The quantitative estimate of drug-likeness (QED) is 0.892. The van der Waals surface area contributed by atoms with E-state index in [2.05, 4.69) is 0 Å². The number of amides is 1. The van der Waals surface area contributed by atoms with Crippen molar-refractivity contribution in [3.05, 3.63) is 29.1 Å². The number of primary amides is 1. The Hall–Kier alpha value is -1.43. The van der Waals surface area contributed by atoms with Crippen molar-refractivity contribution in [3.8, 4) is 0 Å². The van der Waals surface area contributed by atoms with Crippen LogP contribution in [-0.2, 0) is 9.84 Å². The Morgan fingerprint density at radius 3 is 2.24 bits per heavy atom. The van der Waals surface area contributed by atoms with Gasteiger partial charge in [0.1, 0.15) is 4.90 Å². The van der Waals surface area contributed by atoms with Crippen LogP contribution in [0.3, 0.4) is 0 Å². The predicted molar refractivity (Wildman–Crippen MR) is 62.1 cm³/mol. The molecular formula is C11H14FNO3S. The SMILES string of the molecule is CC(C)c1ccc(C(N)=O)c(F)c1S(C)(=O)=O. The third-order valence-corrected chi connectivity index (χ3v) is 3.54. The van der Waals surface area contributed by atoms with Crippen molar-refractivity contribution in [1.29, 1.82) is 0 Å². The van der Waals surface area contributed by atoms with Gasteiger partial charge in [0.15, 0.2) is 15.7 Å². The molecule has 0 atom stereocenters. The molecule has 0 fully saturated rings. The molecule has 0 radical (unpaired) electrons. The van der Waals surface area contributed by atoms with E-state index in [0.717, 1.165) is 6.26 Å². The highest BCUT2D eigenvalue weighted by Gasteiger charge is 2.24. The van der Waals surface area contributed by atoms with Gasteiger partial charge in [0.25, 0.3) is 5.91 Å². The first kappa shape index (κ1) is 13.6. The Morgan fingerprint density at radius 1 is 1.35 bits per heavy atom. The highest BCUT2D eigenvalue weighted by Crippen LogP contribution is 2.28. The van der Waals surface area contributed by atoms with Crippen LogP contribution in [-0.4, -0.2) is 20.6 Å². The van der Waals surface area contributed by atoms with Gasteiger partial charge in [-0.25, -0.2) is 12.8 Å². The minimum absolute atomic E-state index is 0.170. The second kappa shape index (κ2) is 4.44. The molecule has 4 nitrogen and oxygen atoms in total. The second-order valence-electron chi connectivity index (χ2n) is 4.14. The molecule has 0 saturated carbocycles. The first-order valence-corrected chi connectivity index (χ1v) is 6.87. The van der Waals surface area contributed by atoms with Crippen LogP contribution in [0.2, 0.25) is 0 Å².